The third-order valence-electron chi connectivity index (χ3n) is 2.26. The molecule has 0 amide bonds. The van der Waals surface area contributed by atoms with Crippen LogP contribution in [0.15, 0.2) is 48.9 Å². The highest BCUT2D eigenvalue weighted by Crippen LogP contribution is 2.04. The number of hydrogen-bond acceptors (Lipinski definition) is 2. The van der Waals surface area contributed by atoms with Crippen LogP contribution in [0.2, 0.25) is 0 Å². The lowest BCUT2D eigenvalue weighted by Crippen LogP contribution is -1.95. The molecule has 3 nitrogen and oxygen atoms in total. The zero-order chi connectivity index (χ0) is 11.2. The molecule has 0 atom stereocenters. The van der Waals surface area contributed by atoms with Gasteiger partial charge >= 0.3 is 0 Å². The molecule has 2 rings (SSSR count). The van der Waals surface area contributed by atoms with Gasteiger partial charge in [0.05, 0.1) is 18.6 Å². The largest absolute Gasteiger partial charge is 0.392 e. The summed E-state index contributed by atoms with van der Waals surface area (Å²) in [7, 11) is 0. The molecule has 82 valence electrons. The summed E-state index contributed by atoms with van der Waals surface area (Å²) in [6.07, 6.45) is 7.24. The topological polar surface area (TPSA) is 38.0 Å². The van der Waals surface area contributed by atoms with Crippen LogP contribution in [-0.2, 0) is 6.54 Å². The monoisotopic (exact) mass is 214 g/mol. The van der Waals surface area contributed by atoms with E-state index in [1.165, 1.54) is 5.56 Å². The average molecular weight is 214 g/mol. The van der Waals surface area contributed by atoms with Gasteiger partial charge in [0.2, 0.25) is 0 Å². The summed E-state index contributed by atoms with van der Waals surface area (Å²) in [6, 6.07) is 10.2. The first-order valence-corrected chi connectivity index (χ1v) is 5.21. The number of aliphatic hydroxyl groups excluding tert-OH is 1. The molecule has 1 heterocycles. The minimum absolute atomic E-state index is 0.0472. The van der Waals surface area contributed by atoms with Crippen molar-refractivity contribution >= 4 is 6.08 Å². The number of aliphatic hydroxyl groups is 1. The van der Waals surface area contributed by atoms with E-state index < -0.39 is 0 Å². The van der Waals surface area contributed by atoms with E-state index in [9.17, 15) is 0 Å². The fourth-order valence-electron chi connectivity index (χ4n) is 1.52. The molecular weight excluding hydrogens is 200 g/mol. The Hall–Kier alpha value is -1.87. The Bertz CT molecular complexity index is 460. The van der Waals surface area contributed by atoms with Gasteiger partial charge in [-0.25, -0.2) is 4.98 Å². The summed E-state index contributed by atoms with van der Waals surface area (Å²) < 4.78 is 2.02. The summed E-state index contributed by atoms with van der Waals surface area (Å²) in [5.74, 6) is 0. The zero-order valence-electron chi connectivity index (χ0n) is 8.95. The van der Waals surface area contributed by atoms with Gasteiger partial charge in [-0.05, 0) is 11.6 Å². The van der Waals surface area contributed by atoms with E-state index >= 15 is 0 Å². The third-order valence-corrected chi connectivity index (χ3v) is 2.26. The summed E-state index contributed by atoms with van der Waals surface area (Å²) in [5, 5.41) is 8.65. The Morgan fingerprint density at radius 2 is 2.06 bits per heavy atom. The molecule has 0 saturated carbocycles. The van der Waals surface area contributed by atoms with Crippen molar-refractivity contribution in [1.29, 1.82) is 0 Å². The van der Waals surface area contributed by atoms with Crippen LogP contribution in [-0.4, -0.2) is 21.3 Å². The van der Waals surface area contributed by atoms with Gasteiger partial charge in [0, 0.05) is 12.7 Å². The first-order chi connectivity index (χ1) is 7.88. The average Bonchev–Trinajstić information content (AvgIpc) is 2.75. The maximum Gasteiger partial charge on any atom is 0.0956 e. The van der Waals surface area contributed by atoms with Gasteiger partial charge < -0.3 is 9.67 Å². The van der Waals surface area contributed by atoms with E-state index in [1.54, 1.807) is 12.4 Å². The summed E-state index contributed by atoms with van der Waals surface area (Å²) in [6.45, 7) is 0.867. The molecule has 0 aliphatic heterocycles. The second kappa shape index (κ2) is 5.28. The Morgan fingerprint density at radius 3 is 2.81 bits per heavy atom. The highest BCUT2D eigenvalue weighted by Gasteiger charge is 1.96. The SMILES string of the molecule is OC/C=C/c1cn(Cc2ccccc2)cn1. The lowest BCUT2D eigenvalue weighted by molar-refractivity contribution is 0.343. The molecule has 2 aromatic rings. The molecular formula is C13H14N2O. The Morgan fingerprint density at radius 1 is 1.25 bits per heavy atom. The van der Waals surface area contributed by atoms with Crippen LogP contribution >= 0.6 is 0 Å². The minimum Gasteiger partial charge on any atom is -0.392 e. The standard InChI is InChI=1S/C13H14N2O/c16-8-4-7-13-10-15(11-14-13)9-12-5-2-1-3-6-12/h1-7,10-11,16H,8-9H2/b7-4+. The molecule has 0 fully saturated rings. The van der Waals surface area contributed by atoms with Crippen LogP contribution in [0.1, 0.15) is 11.3 Å². The molecule has 0 aliphatic carbocycles. The van der Waals surface area contributed by atoms with E-state index in [0.29, 0.717) is 0 Å². The van der Waals surface area contributed by atoms with Crippen molar-refractivity contribution in [3.05, 3.63) is 60.2 Å². The number of benzene rings is 1. The van der Waals surface area contributed by atoms with Gasteiger partial charge in [-0.2, -0.15) is 0 Å². The van der Waals surface area contributed by atoms with Crippen LogP contribution in [0.5, 0.6) is 0 Å². The van der Waals surface area contributed by atoms with E-state index in [4.69, 9.17) is 5.11 Å². The summed E-state index contributed by atoms with van der Waals surface area (Å²) >= 11 is 0. The number of hydrogen-bond donors (Lipinski definition) is 1. The molecule has 16 heavy (non-hydrogen) atoms. The maximum absolute atomic E-state index is 8.65. The zero-order valence-corrected chi connectivity index (χ0v) is 8.95. The summed E-state index contributed by atoms with van der Waals surface area (Å²) in [4.78, 5) is 4.21. The van der Waals surface area contributed by atoms with Gasteiger partial charge in [0.25, 0.3) is 0 Å². The Kier molecular flexibility index (Phi) is 3.51. The number of imidazole rings is 1. The van der Waals surface area contributed by atoms with Crippen LogP contribution in [0, 0.1) is 0 Å². The molecule has 0 spiro atoms. The van der Waals surface area contributed by atoms with Crippen molar-refractivity contribution in [1.82, 2.24) is 9.55 Å². The fraction of sp³-hybridized carbons (Fsp3) is 0.154. The van der Waals surface area contributed by atoms with E-state index in [-0.39, 0.29) is 6.61 Å². The van der Waals surface area contributed by atoms with Gasteiger partial charge in [0.15, 0.2) is 0 Å². The van der Waals surface area contributed by atoms with Crippen LogP contribution < -0.4 is 0 Å². The van der Waals surface area contributed by atoms with Gasteiger partial charge in [0.1, 0.15) is 0 Å². The van der Waals surface area contributed by atoms with Crippen molar-refractivity contribution in [3.8, 4) is 0 Å². The summed E-state index contributed by atoms with van der Waals surface area (Å²) in [5.41, 5.74) is 2.11. The normalized spacial score (nSPS) is 11.1. The Labute approximate surface area is 94.7 Å². The van der Waals surface area contributed by atoms with E-state index in [2.05, 4.69) is 17.1 Å². The predicted molar refractivity (Wildman–Crippen MR) is 63.9 cm³/mol. The molecule has 1 N–H and O–H groups in total. The quantitative estimate of drug-likeness (QED) is 0.844. The minimum atomic E-state index is 0.0472. The molecule has 0 unspecified atom stereocenters. The van der Waals surface area contributed by atoms with Crippen LogP contribution in [0.4, 0.5) is 0 Å². The lowest BCUT2D eigenvalue weighted by Gasteiger charge is -2.00. The molecule has 1 aromatic heterocycles. The highest BCUT2D eigenvalue weighted by atomic mass is 16.2. The smallest absolute Gasteiger partial charge is 0.0956 e. The molecule has 0 saturated heterocycles. The number of rotatable bonds is 4. The third kappa shape index (κ3) is 2.81. The van der Waals surface area contributed by atoms with Crippen molar-refractivity contribution in [2.75, 3.05) is 6.61 Å². The number of nitrogens with zero attached hydrogens (tertiary/aromatic N) is 2. The van der Waals surface area contributed by atoms with Crippen molar-refractivity contribution in [2.24, 2.45) is 0 Å². The second-order valence-corrected chi connectivity index (χ2v) is 3.54. The fourth-order valence-corrected chi connectivity index (χ4v) is 1.52. The maximum atomic E-state index is 8.65. The first-order valence-electron chi connectivity index (χ1n) is 5.21. The lowest BCUT2D eigenvalue weighted by atomic mass is 10.2. The number of aromatic nitrogens is 2. The van der Waals surface area contributed by atoms with E-state index in [1.807, 2.05) is 35.0 Å². The molecule has 0 bridgehead atoms. The Balaban J connectivity index is 2.06. The van der Waals surface area contributed by atoms with Gasteiger partial charge in [-0.15, -0.1) is 0 Å². The molecule has 0 aliphatic rings. The first kappa shape index (κ1) is 10.6. The van der Waals surface area contributed by atoms with Crippen molar-refractivity contribution in [2.45, 2.75) is 6.54 Å². The van der Waals surface area contributed by atoms with E-state index in [0.717, 1.165) is 12.2 Å². The van der Waals surface area contributed by atoms with Crippen LogP contribution in [0.3, 0.4) is 0 Å². The van der Waals surface area contributed by atoms with Gasteiger partial charge in [-0.1, -0.05) is 36.4 Å². The van der Waals surface area contributed by atoms with Crippen LogP contribution in [0.25, 0.3) is 6.08 Å². The van der Waals surface area contributed by atoms with Crippen molar-refractivity contribution < 1.29 is 5.11 Å². The predicted octanol–water partition coefficient (Wildman–Crippen LogP) is 1.94. The molecule has 0 radical (unpaired) electrons. The second-order valence-electron chi connectivity index (χ2n) is 3.54. The van der Waals surface area contributed by atoms with Gasteiger partial charge in [-0.3, -0.25) is 0 Å². The molecule has 3 heteroatoms. The highest BCUT2D eigenvalue weighted by molar-refractivity contribution is 5.43. The molecule has 1 aromatic carbocycles. The van der Waals surface area contributed by atoms with Crippen molar-refractivity contribution in [3.63, 3.8) is 0 Å².